The van der Waals surface area contributed by atoms with E-state index < -0.39 is 5.41 Å². The van der Waals surface area contributed by atoms with E-state index in [0.29, 0.717) is 12.5 Å². The SMILES string of the molecule is CC1CCCN(C(=O)C(C)(C)C(=O)NCc2ccccn2)C1. The number of hydrogen-bond acceptors (Lipinski definition) is 3. The van der Waals surface area contributed by atoms with Gasteiger partial charge in [-0.05, 0) is 44.7 Å². The largest absolute Gasteiger partial charge is 0.350 e. The van der Waals surface area contributed by atoms with Gasteiger partial charge in [-0.25, -0.2) is 0 Å². The lowest BCUT2D eigenvalue weighted by Gasteiger charge is -2.36. The minimum atomic E-state index is -1.05. The summed E-state index contributed by atoms with van der Waals surface area (Å²) in [5, 5.41) is 2.82. The van der Waals surface area contributed by atoms with E-state index in [1.807, 2.05) is 23.1 Å². The third-order valence-corrected chi connectivity index (χ3v) is 4.20. The Hall–Kier alpha value is -1.91. The van der Waals surface area contributed by atoms with E-state index in [1.54, 1.807) is 20.0 Å². The molecule has 1 unspecified atom stereocenters. The summed E-state index contributed by atoms with van der Waals surface area (Å²) in [6, 6.07) is 5.55. The predicted octanol–water partition coefficient (Wildman–Crippen LogP) is 1.98. The second-order valence-electron chi connectivity index (χ2n) is 6.63. The number of nitrogens with zero attached hydrogens (tertiary/aromatic N) is 2. The second kappa shape index (κ2) is 6.90. The Morgan fingerprint density at radius 2 is 2.18 bits per heavy atom. The van der Waals surface area contributed by atoms with Crippen LogP contribution in [0.2, 0.25) is 0 Å². The first kappa shape index (κ1) is 16.5. The van der Waals surface area contributed by atoms with Crippen molar-refractivity contribution in [2.75, 3.05) is 13.1 Å². The molecule has 0 aromatic carbocycles. The van der Waals surface area contributed by atoms with Gasteiger partial charge in [-0.2, -0.15) is 0 Å². The standard InChI is InChI=1S/C17H25N3O2/c1-13-7-6-10-20(12-13)16(22)17(2,3)15(21)19-11-14-8-4-5-9-18-14/h4-5,8-9,13H,6-7,10-12H2,1-3H3,(H,19,21). The molecule has 2 rings (SSSR count). The Morgan fingerprint density at radius 1 is 1.41 bits per heavy atom. The third-order valence-electron chi connectivity index (χ3n) is 4.20. The molecule has 1 fully saturated rings. The maximum atomic E-state index is 12.7. The van der Waals surface area contributed by atoms with Crippen LogP contribution in [0.3, 0.4) is 0 Å². The van der Waals surface area contributed by atoms with Gasteiger partial charge in [0.2, 0.25) is 11.8 Å². The van der Waals surface area contributed by atoms with Crippen molar-refractivity contribution in [2.45, 2.75) is 40.2 Å². The van der Waals surface area contributed by atoms with E-state index in [0.717, 1.165) is 31.6 Å². The smallest absolute Gasteiger partial charge is 0.237 e. The van der Waals surface area contributed by atoms with Crippen LogP contribution >= 0.6 is 0 Å². The minimum absolute atomic E-state index is 0.0856. The number of piperidine rings is 1. The molecule has 0 saturated carbocycles. The zero-order valence-electron chi connectivity index (χ0n) is 13.6. The Labute approximate surface area is 132 Å². The molecule has 22 heavy (non-hydrogen) atoms. The van der Waals surface area contributed by atoms with Crippen LogP contribution in [0.15, 0.2) is 24.4 Å². The average molecular weight is 303 g/mol. The first-order valence-electron chi connectivity index (χ1n) is 7.89. The van der Waals surface area contributed by atoms with E-state index in [1.165, 1.54) is 0 Å². The summed E-state index contributed by atoms with van der Waals surface area (Å²) in [6.07, 6.45) is 3.85. The molecule has 1 aliphatic heterocycles. The molecule has 1 N–H and O–H groups in total. The summed E-state index contributed by atoms with van der Waals surface area (Å²) in [6.45, 7) is 7.38. The van der Waals surface area contributed by atoms with Gasteiger partial charge in [0.05, 0.1) is 12.2 Å². The summed E-state index contributed by atoms with van der Waals surface area (Å²) in [5.74, 6) is 0.170. The molecule has 0 radical (unpaired) electrons. The summed E-state index contributed by atoms with van der Waals surface area (Å²) in [5.41, 5.74) is -0.267. The lowest BCUT2D eigenvalue weighted by molar-refractivity contribution is -0.149. The van der Waals surface area contributed by atoms with Crippen molar-refractivity contribution >= 4 is 11.8 Å². The topological polar surface area (TPSA) is 62.3 Å². The van der Waals surface area contributed by atoms with Crippen LogP contribution in [0, 0.1) is 11.3 Å². The van der Waals surface area contributed by atoms with Crippen molar-refractivity contribution in [1.82, 2.24) is 15.2 Å². The lowest BCUT2D eigenvalue weighted by Crippen LogP contribution is -2.51. The van der Waals surface area contributed by atoms with Crippen molar-refractivity contribution < 1.29 is 9.59 Å². The van der Waals surface area contributed by atoms with Gasteiger partial charge < -0.3 is 10.2 Å². The fourth-order valence-corrected chi connectivity index (χ4v) is 2.76. The van der Waals surface area contributed by atoms with Crippen molar-refractivity contribution in [1.29, 1.82) is 0 Å². The van der Waals surface area contributed by atoms with Crippen LogP contribution in [0.4, 0.5) is 0 Å². The Balaban J connectivity index is 1.95. The van der Waals surface area contributed by atoms with Crippen molar-refractivity contribution in [3.63, 3.8) is 0 Å². The predicted molar refractivity (Wildman–Crippen MR) is 84.8 cm³/mol. The van der Waals surface area contributed by atoms with E-state index in [2.05, 4.69) is 17.2 Å². The van der Waals surface area contributed by atoms with Gasteiger partial charge in [-0.15, -0.1) is 0 Å². The van der Waals surface area contributed by atoms with Crippen LogP contribution in [0.1, 0.15) is 39.3 Å². The van der Waals surface area contributed by atoms with Crippen LogP contribution in [0.25, 0.3) is 0 Å². The number of amides is 2. The Morgan fingerprint density at radius 3 is 2.82 bits per heavy atom. The molecule has 5 heteroatoms. The molecule has 0 bridgehead atoms. The number of hydrogen-bond donors (Lipinski definition) is 1. The summed E-state index contributed by atoms with van der Waals surface area (Å²) in [4.78, 5) is 31.1. The number of carbonyl (C=O) groups is 2. The van der Waals surface area contributed by atoms with Crippen LogP contribution in [-0.4, -0.2) is 34.8 Å². The first-order chi connectivity index (χ1) is 10.4. The minimum Gasteiger partial charge on any atom is -0.350 e. The highest BCUT2D eigenvalue weighted by Crippen LogP contribution is 2.24. The maximum absolute atomic E-state index is 12.7. The molecular weight excluding hydrogens is 278 g/mol. The number of rotatable bonds is 4. The monoisotopic (exact) mass is 303 g/mol. The molecule has 1 atom stereocenters. The molecule has 5 nitrogen and oxygen atoms in total. The number of nitrogens with one attached hydrogen (secondary N) is 1. The van der Waals surface area contributed by atoms with Gasteiger partial charge >= 0.3 is 0 Å². The molecule has 2 heterocycles. The van der Waals surface area contributed by atoms with Crippen molar-refractivity contribution in [3.05, 3.63) is 30.1 Å². The van der Waals surface area contributed by atoms with Crippen molar-refractivity contribution in [3.8, 4) is 0 Å². The average Bonchev–Trinajstić information content (AvgIpc) is 2.52. The summed E-state index contributed by atoms with van der Waals surface area (Å²) in [7, 11) is 0. The number of carbonyl (C=O) groups excluding carboxylic acids is 2. The zero-order valence-corrected chi connectivity index (χ0v) is 13.6. The zero-order chi connectivity index (χ0) is 16.2. The third kappa shape index (κ3) is 3.84. The van der Waals surface area contributed by atoms with Gasteiger partial charge in [0.25, 0.3) is 0 Å². The van der Waals surface area contributed by atoms with E-state index in [9.17, 15) is 9.59 Å². The van der Waals surface area contributed by atoms with Crippen LogP contribution < -0.4 is 5.32 Å². The van der Waals surface area contributed by atoms with E-state index >= 15 is 0 Å². The quantitative estimate of drug-likeness (QED) is 0.865. The number of pyridine rings is 1. The molecule has 120 valence electrons. The van der Waals surface area contributed by atoms with Crippen LogP contribution in [0.5, 0.6) is 0 Å². The van der Waals surface area contributed by atoms with Gasteiger partial charge in [0, 0.05) is 19.3 Å². The molecule has 0 spiro atoms. The summed E-state index contributed by atoms with van der Waals surface area (Å²) >= 11 is 0. The highest BCUT2D eigenvalue weighted by molar-refractivity contribution is 6.04. The maximum Gasteiger partial charge on any atom is 0.237 e. The van der Waals surface area contributed by atoms with Gasteiger partial charge in [-0.3, -0.25) is 14.6 Å². The molecule has 1 saturated heterocycles. The number of aromatic nitrogens is 1. The molecule has 1 aromatic heterocycles. The van der Waals surface area contributed by atoms with Gasteiger partial charge in [-0.1, -0.05) is 13.0 Å². The van der Waals surface area contributed by atoms with E-state index in [4.69, 9.17) is 0 Å². The van der Waals surface area contributed by atoms with Gasteiger partial charge in [0.1, 0.15) is 5.41 Å². The normalized spacial score (nSPS) is 18.9. The molecule has 1 aromatic rings. The van der Waals surface area contributed by atoms with Crippen LogP contribution in [-0.2, 0) is 16.1 Å². The molecule has 1 aliphatic rings. The summed E-state index contributed by atoms with van der Waals surface area (Å²) < 4.78 is 0. The number of likely N-dealkylation sites (tertiary alicyclic amines) is 1. The fourth-order valence-electron chi connectivity index (χ4n) is 2.76. The lowest BCUT2D eigenvalue weighted by atomic mass is 9.88. The Bertz CT molecular complexity index is 528. The second-order valence-corrected chi connectivity index (χ2v) is 6.63. The van der Waals surface area contributed by atoms with Gasteiger partial charge in [0.15, 0.2) is 0 Å². The fraction of sp³-hybridized carbons (Fsp3) is 0.588. The van der Waals surface area contributed by atoms with Crippen molar-refractivity contribution in [2.24, 2.45) is 11.3 Å². The highest BCUT2D eigenvalue weighted by Gasteiger charge is 2.39. The van der Waals surface area contributed by atoms with E-state index in [-0.39, 0.29) is 11.8 Å². The Kier molecular flexibility index (Phi) is 5.16. The molecule has 2 amide bonds. The molecular formula is C17H25N3O2. The molecule has 0 aliphatic carbocycles. The first-order valence-corrected chi connectivity index (χ1v) is 7.89. The highest BCUT2D eigenvalue weighted by atomic mass is 16.2.